The number of ether oxygens (including phenoxy) is 1. The number of pyridine rings is 1. The number of halogens is 1. The molecule has 0 amide bonds. The van der Waals surface area contributed by atoms with E-state index in [1.807, 2.05) is 30.3 Å². The van der Waals surface area contributed by atoms with Gasteiger partial charge in [-0.2, -0.15) is 0 Å². The van der Waals surface area contributed by atoms with Gasteiger partial charge in [-0.1, -0.05) is 30.3 Å². The highest BCUT2D eigenvalue weighted by atomic mass is 19.1. The molecule has 98 valence electrons. The smallest absolute Gasteiger partial charge is 0.217 e. The molecule has 20 heavy (non-hydrogen) atoms. The first-order valence-electron chi connectivity index (χ1n) is 6.63. The predicted molar refractivity (Wildman–Crippen MR) is 76.3 cm³/mol. The Morgan fingerprint density at radius 3 is 2.65 bits per heavy atom. The predicted octanol–water partition coefficient (Wildman–Crippen LogP) is 3.98. The Kier molecular flexibility index (Phi) is 2.46. The lowest BCUT2D eigenvalue weighted by Gasteiger charge is -2.11. The molecule has 3 heteroatoms. The fourth-order valence-electron chi connectivity index (χ4n) is 2.78. The summed E-state index contributed by atoms with van der Waals surface area (Å²) in [4.78, 5) is 4.56. The zero-order chi connectivity index (χ0) is 13.5. The lowest BCUT2D eigenvalue weighted by atomic mass is 9.95. The molecule has 0 spiro atoms. The van der Waals surface area contributed by atoms with E-state index in [1.54, 1.807) is 0 Å². The summed E-state index contributed by atoms with van der Waals surface area (Å²) >= 11 is 0. The lowest BCUT2D eigenvalue weighted by molar-refractivity contribution is 0.346. The van der Waals surface area contributed by atoms with Crippen molar-refractivity contribution in [1.29, 1.82) is 0 Å². The minimum Gasteiger partial charge on any atom is -0.477 e. The number of fused-ring (bicyclic) bond motifs is 2. The maximum atomic E-state index is 13.2. The van der Waals surface area contributed by atoms with Crippen molar-refractivity contribution in [2.24, 2.45) is 0 Å². The van der Waals surface area contributed by atoms with Gasteiger partial charge in [-0.3, -0.25) is 0 Å². The van der Waals surface area contributed by atoms with Crippen LogP contribution < -0.4 is 4.74 Å². The average molecular weight is 265 g/mol. The highest BCUT2D eigenvalue weighted by Crippen LogP contribution is 2.38. The largest absolute Gasteiger partial charge is 0.477 e. The third-order valence-corrected chi connectivity index (χ3v) is 3.68. The van der Waals surface area contributed by atoms with Gasteiger partial charge in [0.25, 0.3) is 0 Å². The van der Waals surface area contributed by atoms with E-state index in [1.165, 1.54) is 12.1 Å². The minimum atomic E-state index is -0.222. The van der Waals surface area contributed by atoms with Gasteiger partial charge in [0.1, 0.15) is 5.82 Å². The molecule has 0 N–H and O–H groups in total. The van der Waals surface area contributed by atoms with Crippen LogP contribution in [0.15, 0.2) is 48.5 Å². The normalized spacial score (nSPS) is 13.2. The Hall–Kier alpha value is -2.42. The molecule has 0 atom stereocenters. The number of benzene rings is 2. The maximum Gasteiger partial charge on any atom is 0.217 e. The fraction of sp³-hybridized carbons (Fsp3) is 0.118. The van der Waals surface area contributed by atoms with E-state index in [9.17, 15) is 4.39 Å². The van der Waals surface area contributed by atoms with Crippen LogP contribution in [0.3, 0.4) is 0 Å². The van der Waals surface area contributed by atoms with Crippen LogP contribution in [-0.4, -0.2) is 11.6 Å². The molecule has 0 fully saturated rings. The average Bonchev–Trinajstić information content (AvgIpc) is 2.93. The molecule has 1 aliphatic rings. The van der Waals surface area contributed by atoms with Crippen LogP contribution in [0.4, 0.5) is 4.39 Å². The summed E-state index contributed by atoms with van der Waals surface area (Å²) in [6.45, 7) is 0.660. The van der Waals surface area contributed by atoms with Crippen LogP contribution in [0.2, 0.25) is 0 Å². The van der Waals surface area contributed by atoms with Crippen LogP contribution in [0.5, 0.6) is 5.88 Å². The van der Waals surface area contributed by atoms with Crippen molar-refractivity contribution < 1.29 is 9.13 Å². The summed E-state index contributed by atoms with van der Waals surface area (Å²) in [5, 5.41) is 1.09. The van der Waals surface area contributed by atoms with Gasteiger partial charge in [0, 0.05) is 17.4 Å². The third kappa shape index (κ3) is 1.67. The summed E-state index contributed by atoms with van der Waals surface area (Å²) in [6, 6.07) is 14.6. The Labute approximate surface area is 115 Å². The Bertz CT molecular complexity index is 796. The minimum absolute atomic E-state index is 0.222. The second kappa shape index (κ2) is 4.30. The van der Waals surface area contributed by atoms with Gasteiger partial charge in [-0.15, -0.1) is 0 Å². The quantitative estimate of drug-likeness (QED) is 0.664. The molecular formula is C17H12FNO. The van der Waals surface area contributed by atoms with Crippen molar-refractivity contribution >= 4 is 10.9 Å². The van der Waals surface area contributed by atoms with Gasteiger partial charge in [-0.25, -0.2) is 9.37 Å². The number of nitrogens with zero attached hydrogens (tertiary/aromatic N) is 1. The van der Waals surface area contributed by atoms with E-state index in [2.05, 4.69) is 11.1 Å². The van der Waals surface area contributed by atoms with Crippen LogP contribution in [-0.2, 0) is 6.42 Å². The second-order valence-corrected chi connectivity index (χ2v) is 4.89. The number of para-hydroxylation sites is 1. The summed E-state index contributed by atoms with van der Waals surface area (Å²) in [6.07, 6.45) is 0.847. The molecule has 4 rings (SSSR count). The standard InChI is InChI=1S/C17H12FNO/c18-12-7-5-11(6-8-12)16-13-3-1-2-4-15(13)19-17-14(16)9-10-20-17/h1-8H,9-10H2. The van der Waals surface area contributed by atoms with Crippen LogP contribution >= 0.6 is 0 Å². The molecule has 2 nitrogen and oxygen atoms in total. The van der Waals surface area contributed by atoms with Crippen LogP contribution in [0, 0.1) is 5.82 Å². The SMILES string of the molecule is Fc1ccc(-c2c3c(nc4ccccc24)OCC3)cc1. The van der Waals surface area contributed by atoms with E-state index < -0.39 is 0 Å². The van der Waals surface area contributed by atoms with Crippen LogP contribution in [0.25, 0.3) is 22.0 Å². The molecular weight excluding hydrogens is 253 g/mol. The number of rotatable bonds is 1. The van der Waals surface area contributed by atoms with Crippen molar-refractivity contribution in [2.45, 2.75) is 6.42 Å². The van der Waals surface area contributed by atoms with E-state index >= 15 is 0 Å². The molecule has 0 bridgehead atoms. The monoisotopic (exact) mass is 265 g/mol. The molecule has 0 unspecified atom stereocenters. The van der Waals surface area contributed by atoms with Crippen LogP contribution in [0.1, 0.15) is 5.56 Å². The highest BCUT2D eigenvalue weighted by molar-refractivity contribution is 5.97. The summed E-state index contributed by atoms with van der Waals surface area (Å²) < 4.78 is 18.8. The van der Waals surface area contributed by atoms with Crippen molar-refractivity contribution in [1.82, 2.24) is 4.98 Å². The van der Waals surface area contributed by atoms with E-state index in [0.29, 0.717) is 12.5 Å². The Morgan fingerprint density at radius 2 is 1.80 bits per heavy atom. The van der Waals surface area contributed by atoms with Gasteiger partial charge < -0.3 is 4.74 Å². The zero-order valence-electron chi connectivity index (χ0n) is 10.8. The first kappa shape index (κ1) is 11.4. The molecule has 1 aromatic heterocycles. The molecule has 0 aliphatic carbocycles. The second-order valence-electron chi connectivity index (χ2n) is 4.89. The summed E-state index contributed by atoms with van der Waals surface area (Å²) in [5.74, 6) is 0.489. The third-order valence-electron chi connectivity index (χ3n) is 3.68. The van der Waals surface area contributed by atoms with Crippen molar-refractivity contribution in [3.05, 3.63) is 59.9 Å². The van der Waals surface area contributed by atoms with E-state index in [0.717, 1.165) is 34.0 Å². The Morgan fingerprint density at radius 1 is 1.00 bits per heavy atom. The molecule has 1 aliphatic heterocycles. The Balaban J connectivity index is 2.08. The maximum absolute atomic E-state index is 13.2. The van der Waals surface area contributed by atoms with E-state index in [4.69, 9.17) is 4.74 Å². The number of aromatic nitrogens is 1. The van der Waals surface area contributed by atoms with Gasteiger partial charge in [-0.05, 0) is 29.3 Å². The van der Waals surface area contributed by atoms with E-state index in [-0.39, 0.29) is 5.82 Å². The molecule has 2 aromatic carbocycles. The lowest BCUT2D eigenvalue weighted by Crippen LogP contribution is -1.92. The molecule has 2 heterocycles. The first-order valence-corrected chi connectivity index (χ1v) is 6.63. The fourth-order valence-corrected chi connectivity index (χ4v) is 2.78. The van der Waals surface area contributed by atoms with Gasteiger partial charge in [0.05, 0.1) is 12.1 Å². The summed E-state index contributed by atoms with van der Waals surface area (Å²) in [5.41, 5.74) is 4.15. The highest BCUT2D eigenvalue weighted by Gasteiger charge is 2.21. The molecule has 3 aromatic rings. The van der Waals surface area contributed by atoms with Gasteiger partial charge >= 0.3 is 0 Å². The van der Waals surface area contributed by atoms with Crippen molar-refractivity contribution in [3.8, 4) is 17.0 Å². The zero-order valence-corrected chi connectivity index (χ0v) is 10.8. The van der Waals surface area contributed by atoms with Gasteiger partial charge in [0.2, 0.25) is 5.88 Å². The number of hydrogen-bond acceptors (Lipinski definition) is 2. The van der Waals surface area contributed by atoms with Crippen molar-refractivity contribution in [3.63, 3.8) is 0 Å². The molecule has 0 saturated heterocycles. The van der Waals surface area contributed by atoms with Crippen molar-refractivity contribution in [2.75, 3.05) is 6.61 Å². The number of hydrogen-bond donors (Lipinski definition) is 0. The van der Waals surface area contributed by atoms with Gasteiger partial charge in [0.15, 0.2) is 0 Å². The first-order chi connectivity index (χ1) is 9.83. The topological polar surface area (TPSA) is 22.1 Å². The molecule has 0 saturated carbocycles. The summed E-state index contributed by atoms with van der Waals surface area (Å²) in [7, 11) is 0. The molecule has 0 radical (unpaired) electrons.